The Morgan fingerprint density at radius 3 is 2.22 bits per heavy atom. The zero-order chi connectivity index (χ0) is 27.3. The van der Waals surface area contributed by atoms with Gasteiger partial charge in [-0.25, -0.2) is 4.79 Å². The first-order valence-corrected chi connectivity index (χ1v) is 14.0. The molecular weight excluding hydrogens is 508 g/mol. The van der Waals surface area contributed by atoms with E-state index in [4.69, 9.17) is 13.7 Å². The van der Waals surface area contributed by atoms with Gasteiger partial charge in [0.05, 0.1) is 0 Å². The fourth-order valence-corrected chi connectivity index (χ4v) is 6.97. The summed E-state index contributed by atoms with van der Waals surface area (Å²) in [5, 5.41) is 22.9. The van der Waals surface area contributed by atoms with E-state index in [0.717, 1.165) is 33.2 Å². The van der Waals surface area contributed by atoms with E-state index in [2.05, 4.69) is 26.1 Å². The second-order valence-electron chi connectivity index (χ2n) is 9.73. The number of nitrogens with one attached hydrogen (secondary N) is 1. The number of hydrogen-bond donors (Lipinski definition) is 3. The van der Waals surface area contributed by atoms with Crippen molar-refractivity contribution in [3.05, 3.63) is 70.3 Å². The second kappa shape index (κ2) is 11.7. The van der Waals surface area contributed by atoms with E-state index >= 15 is 0 Å². The van der Waals surface area contributed by atoms with Crippen LogP contribution >= 0.6 is 0 Å². The number of para-hydroxylation sites is 1. The largest absolute Gasteiger partial charge is 0.492 e. The third-order valence-electron chi connectivity index (χ3n) is 6.07. The molecular formula is C26H34N2O7Si2. The first kappa shape index (κ1) is 28.0. The highest BCUT2D eigenvalue weighted by atomic mass is 28.3. The van der Waals surface area contributed by atoms with E-state index in [-0.39, 0.29) is 5.41 Å². The molecule has 9 nitrogen and oxygen atoms in total. The Labute approximate surface area is 221 Å². The molecule has 1 amide bonds. The van der Waals surface area contributed by atoms with E-state index in [1.807, 2.05) is 44.2 Å². The van der Waals surface area contributed by atoms with Gasteiger partial charge in [0.1, 0.15) is 29.4 Å². The molecule has 0 radical (unpaired) electrons. The van der Waals surface area contributed by atoms with Crippen LogP contribution in [0.5, 0.6) is 17.5 Å². The molecule has 0 aliphatic carbocycles. The van der Waals surface area contributed by atoms with E-state index in [0.29, 0.717) is 27.4 Å². The predicted octanol–water partition coefficient (Wildman–Crippen LogP) is 0.784. The van der Waals surface area contributed by atoms with Crippen LogP contribution in [-0.4, -0.2) is 53.6 Å². The lowest BCUT2D eigenvalue weighted by molar-refractivity contribution is -0.144. The SMILES string of the molecule is Cc1c(C)c(C(=O)NCC(=O)On2c(O)ccc2O)c([SiH2]O[SiH3])c(C(C)(C)C)c1COc1ccccc1. The van der Waals surface area contributed by atoms with Crippen molar-refractivity contribution in [2.75, 3.05) is 6.54 Å². The van der Waals surface area contributed by atoms with Crippen LogP contribution in [0.3, 0.4) is 0 Å². The van der Waals surface area contributed by atoms with Gasteiger partial charge in [0.2, 0.25) is 11.8 Å². The van der Waals surface area contributed by atoms with Gasteiger partial charge in [-0.1, -0.05) is 39.0 Å². The van der Waals surface area contributed by atoms with Crippen LogP contribution in [-0.2, 0) is 20.9 Å². The summed E-state index contributed by atoms with van der Waals surface area (Å²) < 4.78 is 12.5. The van der Waals surface area contributed by atoms with Crippen LogP contribution < -0.4 is 20.1 Å². The number of rotatable bonds is 9. The number of benzene rings is 2. The number of carbonyl (C=O) groups is 2. The molecule has 0 aliphatic heterocycles. The maximum atomic E-state index is 13.4. The molecule has 37 heavy (non-hydrogen) atoms. The van der Waals surface area contributed by atoms with Crippen molar-refractivity contribution in [3.8, 4) is 17.5 Å². The fourth-order valence-electron chi connectivity index (χ4n) is 4.36. The van der Waals surface area contributed by atoms with Gasteiger partial charge in [-0.2, -0.15) is 0 Å². The van der Waals surface area contributed by atoms with Crippen molar-refractivity contribution < 1.29 is 33.5 Å². The number of ether oxygens (including phenoxy) is 1. The topological polar surface area (TPSA) is 119 Å². The van der Waals surface area contributed by atoms with Crippen molar-refractivity contribution in [1.82, 2.24) is 10.0 Å². The molecule has 0 fully saturated rings. The minimum Gasteiger partial charge on any atom is -0.492 e. The maximum Gasteiger partial charge on any atom is 0.352 e. The van der Waals surface area contributed by atoms with E-state index < -0.39 is 39.9 Å². The van der Waals surface area contributed by atoms with E-state index in [9.17, 15) is 19.8 Å². The average Bonchev–Trinajstić information content (AvgIpc) is 3.16. The molecule has 3 N–H and O–H groups in total. The summed E-state index contributed by atoms with van der Waals surface area (Å²) in [4.78, 5) is 30.7. The van der Waals surface area contributed by atoms with Crippen LogP contribution in [0.15, 0.2) is 42.5 Å². The maximum absolute atomic E-state index is 13.4. The molecule has 0 bridgehead atoms. The lowest BCUT2D eigenvalue weighted by Crippen LogP contribution is -2.42. The monoisotopic (exact) mass is 542 g/mol. The normalized spacial score (nSPS) is 11.7. The number of hydrogen-bond acceptors (Lipinski definition) is 7. The lowest BCUT2D eigenvalue weighted by Gasteiger charge is -2.31. The summed E-state index contributed by atoms with van der Waals surface area (Å²) in [6.07, 6.45) is 0. The van der Waals surface area contributed by atoms with Gasteiger partial charge in [-0.15, -0.1) is 4.73 Å². The molecule has 11 heteroatoms. The molecule has 1 aromatic heterocycles. The molecule has 0 unspecified atom stereocenters. The van der Waals surface area contributed by atoms with Gasteiger partial charge in [-0.3, -0.25) is 4.79 Å². The van der Waals surface area contributed by atoms with Gasteiger partial charge < -0.3 is 29.2 Å². The molecule has 2 aromatic carbocycles. The molecule has 0 saturated carbocycles. The molecule has 0 spiro atoms. The zero-order valence-corrected chi connectivity index (χ0v) is 25.5. The second-order valence-corrected chi connectivity index (χ2v) is 13.0. The summed E-state index contributed by atoms with van der Waals surface area (Å²) in [6.45, 7) is 10.1. The molecule has 198 valence electrons. The first-order chi connectivity index (χ1) is 17.5. The Kier molecular flexibility index (Phi) is 8.84. The summed E-state index contributed by atoms with van der Waals surface area (Å²) in [5.74, 6) is -1.39. The molecule has 0 atom stereocenters. The van der Waals surface area contributed by atoms with Crippen molar-refractivity contribution in [2.45, 2.75) is 46.6 Å². The van der Waals surface area contributed by atoms with Crippen molar-refractivity contribution in [1.29, 1.82) is 0 Å². The van der Waals surface area contributed by atoms with Gasteiger partial charge in [0.25, 0.3) is 5.91 Å². The Morgan fingerprint density at radius 1 is 1.03 bits per heavy atom. The van der Waals surface area contributed by atoms with Crippen LogP contribution in [0.2, 0.25) is 0 Å². The van der Waals surface area contributed by atoms with Crippen molar-refractivity contribution >= 4 is 37.3 Å². The number of carbonyl (C=O) groups excluding carboxylic acids is 2. The minimum atomic E-state index is -1.25. The summed E-state index contributed by atoms with van der Waals surface area (Å²) in [6, 6.07) is 11.9. The Morgan fingerprint density at radius 2 is 1.65 bits per heavy atom. The van der Waals surface area contributed by atoms with Crippen molar-refractivity contribution in [2.24, 2.45) is 0 Å². The minimum absolute atomic E-state index is 0.298. The average molecular weight is 543 g/mol. The fraction of sp³-hybridized carbons (Fsp3) is 0.308. The predicted molar refractivity (Wildman–Crippen MR) is 146 cm³/mol. The number of aromatic hydroxyl groups is 2. The molecule has 1 heterocycles. The molecule has 3 rings (SSSR count). The third-order valence-corrected chi connectivity index (χ3v) is 8.22. The number of nitrogens with zero attached hydrogens (tertiary/aromatic N) is 1. The highest BCUT2D eigenvalue weighted by Gasteiger charge is 2.30. The highest BCUT2D eigenvalue weighted by molar-refractivity contribution is 6.54. The first-order valence-electron chi connectivity index (χ1n) is 11.9. The Bertz CT molecular complexity index is 1270. The number of amides is 1. The van der Waals surface area contributed by atoms with Crippen LogP contribution in [0, 0.1) is 13.8 Å². The van der Waals surface area contributed by atoms with Crippen LogP contribution in [0.1, 0.15) is 53.4 Å². The zero-order valence-electron chi connectivity index (χ0n) is 22.0. The standard InChI is InChI=1S/C26H34N2O7Si2/c1-15-16(2)22(25(32)27-13-21(31)34-28-19(29)11-12-20(28)30)24(37-35-36)23(26(3,4)5)18(15)14-33-17-9-7-6-8-10-17/h6-12,29-30H,13-14,37H2,1-5,36H3,(H,27,32). The quantitative estimate of drug-likeness (QED) is 0.342. The lowest BCUT2D eigenvalue weighted by atomic mass is 9.79. The summed E-state index contributed by atoms with van der Waals surface area (Å²) in [7, 11) is -0.708. The summed E-state index contributed by atoms with van der Waals surface area (Å²) >= 11 is 0. The highest BCUT2D eigenvalue weighted by Crippen LogP contribution is 2.31. The van der Waals surface area contributed by atoms with Crippen LogP contribution in [0.4, 0.5) is 0 Å². The molecule has 0 aliphatic rings. The molecule has 0 saturated heterocycles. The third kappa shape index (κ3) is 6.42. The Balaban J connectivity index is 1.95. The van der Waals surface area contributed by atoms with E-state index in [1.54, 1.807) is 0 Å². The van der Waals surface area contributed by atoms with E-state index in [1.165, 1.54) is 12.1 Å². The van der Waals surface area contributed by atoms with Gasteiger partial charge in [-0.05, 0) is 58.8 Å². The number of aromatic nitrogens is 1. The Hall–Kier alpha value is -3.55. The van der Waals surface area contributed by atoms with Gasteiger partial charge in [0, 0.05) is 17.7 Å². The molecule has 3 aromatic rings. The smallest absolute Gasteiger partial charge is 0.352 e. The van der Waals surface area contributed by atoms with Gasteiger partial charge in [0.15, 0.2) is 9.76 Å². The van der Waals surface area contributed by atoms with Gasteiger partial charge >= 0.3 is 5.97 Å². The summed E-state index contributed by atoms with van der Waals surface area (Å²) in [5.41, 5.74) is 4.02. The van der Waals surface area contributed by atoms with Crippen LogP contribution in [0.25, 0.3) is 0 Å². The van der Waals surface area contributed by atoms with Crippen molar-refractivity contribution in [3.63, 3.8) is 0 Å².